The van der Waals surface area contributed by atoms with Crippen LogP contribution in [-0.2, 0) is 11.3 Å². The Kier molecular flexibility index (Phi) is 6.11. The maximum Gasteiger partial charge on any atom is 0.161 e. The van der Waals surface area contributed by atoms with E-state index in [1.54, 1.807) is 7.11 Å². The molecule has 5 nitrogen and oxygen atoms in total. The summed E-state index contributed by atoms with van der Waals surface area (Å²) in [4.78, 5) is 0. The van der Waals surface area contributed by atoms with Crippen LogP contribution in [0.1, 0.15) is 18.4 Å². The molecule has 1 aliphatic rings. The van der Waals surface area contributed by atoms with E-state index >= 15 is 0 Å². The summed E-state index contributed by atoms with van der Waals surface area (Å²) in [5.41, 5.74) is 1.13. The van der Waals surface area contributed by atoms with Gasteiger partial charge in [0.05, 0.1) is 19.8 Å². The molecule has 0 bridgehead atoms. The molecule has 0 aliphatic carbocycles. The lowest BCUT2D eigenvalue weighted by Crippen LogP contribution is -2.33. The number of aliphatic hydroxyl groups excluding tert-OH is 1. The minimum atomic E-state index is 0.154. The smallest absolute Gasteiger partial charge is 0.161 e. The number of hydrogen-bond donors (Lipinski definition) is 2. The third-order valence-electron chi connectivity index (χ3n) is 3.25. The van der Waals surface area contributed by atoms with Crippen LogP contribution in [0.25, 0.3) is 0 Å². The molecule has 0 fully saturated rings. The SMILES string of the molecule is COCC(CCO)NCc1ccc2c(c1)OCCCO2. The molecule has 0 aromatic heterocycles. The highest BCUT2D eigenvalue weighted by Gasteiger charge is 2.12. The summed E-state index contributed by atoms with van der Waals surface area (Å²) in [5, 5.41) is 12.4. The standard InChI is InChI=1S/C15H23NO4/c1-18-11-13(5-6-17)16-10-12-3-4-14-15(9-12)20-8-2-7-19-14/h3-4,9,13,16-17H,2,5-8,10-11H2,1H3. The van der Waals surface area contributed by atoms with Crippen LogP contribution in [0.15, 0.2) is 18.2 Å². The van der Waals surface area contributed by atoms with E-state index in [1.807, 2.05) is 18.2 Å². The quantitative estimate of drug-likeness (QED) is 0.789. The first kappa shape index (κ1) is 15.1. The van der Waals surface area contributed by atoms with E-state index in [2.05, 4.69) is 5.32 Å². The summed E-state index contributed by atoms with van der Waals surface area (Å²) in [6.45, 7) is 2.86. The van der Waals surface area contributed by atoms with Gasteiger partial charge in [-0.25, -0.2) is 0 Å². The molecule has 2 rings (SSSR count). The molecule has 112 valence electrons. The van der Waals surface area contributed by atoms with E-state index in [9.17, 15) is 0 Å². The van der Waals surface area contributed by atoms with Crippen LogP contribution >= 0.6 is 0 Å². The molecule has 1 aliphatic heterocycles. The van der Waals surface area contributed by atoms with Crippen LogP contribution in [0, 0.1) is 0 Å². The van der Waals surface area contributed by atoms with Crippen molar-refractivity contribution in [2.24, 2.45) is 0 Å². The van der Waals surface area contributed by atoms with Gasteiger partial charge in [-0.05, 0) is 24.1 Å². The third kappa shape index (κ3) is 4.37. The van der Waals surface area contributed by atoms with Crippen molar-refractivity contribution in [3.63, 3.8) is 0 Å². The molecular weight excluding hydrogens is 258 g/mol. The number of aliphatic hydroxyl groups is 1. The van der Waals surface area contributed by atoms with Gasteiger partial charge < -0.3 is 24.6 Å². The van der Waals surface area contributed by atoms with Crippen molar-refractivity contribution in [3.8, 4) is 11.5 Å². The number of benzene rings is 1. The molecule has 1 unspecified atom stereocenters. The Morgan fingerprint density at radius 3 is 2.85 bits per heavy atom. The van der Waals surface area contributed by atoms with Gasteiger partial charge in [-0.1, -0.05) is 6.07 Å². The van der Waals surface area contributed by atoms with Gasteiger partial charge >= 0.3 is 0 Å². The first-order chi connectivity index (χ1) is 9.83. The van der Waals surface area contributed by atoms with E-state index in [0.29, 0.717) is 32.8 Å². The van der Waals surface area contributed by atoms with Crippen molar-refractivity contribution in [1.82, 2.24) is 5.32 Å². The second kappa shape index (κ2) is 8.09. The lowest BCUT2D eigenvalue weighted by molar-refractivity contribution is 0.148. The number of rotatable bonds is 7. The Hall–Kier alpha value is -1.30. The summed E-state index contributed by atoms with van der Waals surface area (Å²) < 4.78 is 16.4. The minimum Gasteiger partial charge on any atom is -0.490 e. The topological polar surface area (TPSA) is 60.0 Å². The van der Waals surface area contributed by atoms with Crippen molar-refractivity contribution in [3.05, 3.63) is 23.8 Å². The van der Waals surface area contributed by atoms with Crippen LogP contribution in [0.5, 0.6) is 11.5 Å². The number of fused-ring (bicyclic) bond motifs is 1. The van der Waals surface area contributed by atoms with Crippen LogP contribution in [0.4, 0.5) is 0 Å². The normalized spacial score (nSPS) is 15.7. The highest BCUT2D eigenvalue weighted by Crippen LogP contribution is 2.30. The highest BCUT2D eigenvalue weighted by molar-refractivity contribution is 5.43. The van der Waals surface area contributed by atoms with Gasteiger partial charge in [0.25, 0.3) is 0 Å². The zero-order valence-electron chi connectivity index (χ0n) is 11.9. The van der Waals surface area contributed by atoms with Gasteiger partial charge in [0.1, 0.15) is 0 Å². The van der Waals surface area contributed by atoms with E-state index in [1.165, 1.54) is 0 Å². The largest absolute Gasteiger partial charge is 0.490 e. The fraction of sp³-hybridized carbons (Fsp3) is 0.600. The second-order valence-corrected chi connectivity index (χ2v) is 4.88. The van der Waals surface area contributed by atoms with Gasteiger partial charge in [0.15, 0.2) is 11.5 Å². The van der Waals surface area contributed by atoms with Gasteiger partial charge in [0.2, 0.25) is 0 Å². The Labute approximate surface area is 119 Å². The first-order valence-corrected chi connectivity index (χ1v) is 7.05. The van der Waals surface area contributed by atoms with Crippen LogP contribution < -0.4 is 14.8 Å². The molecule has 20 heavy (non-hydrogen) atoms. The number of nitrogens with one attached hydrogen (secondary N) is 1. The third-order valence-corrected chi connectivity index (χ3v) is 3.25. The van der Waals surface area contributed by atoms with Crippen molar-refractivity contribution in [2.75, 3.05) is 33.5 Å². The second-order valence-electron chi connectivity index (χ2n) is 4.88. The fourth-order valence-electron chi connectivity index (χ4n) is 2.18. The Morgan fingerprint density at radius 2 is 2.10 bits per heavy atom. The lowest BCUT2D eigenvalue weighted by Gasteiger charge is -2.17. The average molecular weight is 281 g/mol. The molecule has 0 saturated carbocycles. The molecule has 0 amide bonds. The monoisotopic (exact) mass is 281 g/mol. The average Bonchev–Trinajstić information content (AvgIpc) is 2.70. The Balaban J connectivity index is 1.93. The predicted molar refractivity (Wildman–Crippen MR) is 76.3 cm³/mol. The molecule has 0 radical (unpaired) electrons. The van der Waals surface area contributed by atoms with Crippen molar-refractivity contribution in [2.45, 2.75) is 25.4 Å². The van der Waals surface area contributed by atoms with Crippen molar-refractivity contribution < 1.29 is 19.3 Å². The van der Waals surface area contributed by atoms with Crippen LogP contribution in [-0.4, -0.2) is 44.7 Å². The van der Waals surface area contributed by atoms with Gasteiger partial charge in [0, 0.05) is 32.7 Å². The molecular formula is C15H23NO4. The number of ether oxygens (including phenoxy) is 3. The molecule has 5 heteroatoms. The van der Waals surface area contributed by atoms with Crippen LogP contribution in [0.3, 0.4) is 0 Å². The lowest BCUT2D eigenvalue weighted by atomic mass is 10.1. The van der Waals surface area contributed by atoms with Crippen LogP contribution in [0.2, 0.25) is 0 Å². The zero-order valence-corrected chi connectivity index (χ0v) is 11.9. The van der Waals surface area contributed by atoms with E-state index < -0.39 is 0 Å². The summed E-state index contributed by atoms with van der Waals surface area (Å²) in [6, 6.07) is 6.15. The molecule has 1 heterocycles. The molecule has 1 aromatic carbocycles. The molecule has 0 spiro atoms. The summed E-state index contributed by atoms with van der Waals surface area (Å²) >= 11 is 0. The molecule has 0 saturated heterocycles. The maximum absolute atomic E-state index is 9.02. The highest BCUT2D eigenvalue weighted by atomic mass is 16.5. The Bertz CT molecular complexity index is 405. The molecule has 1 atom stereocenters. The van der Waals surface area contributed by atoms with E-state index in [0.717, 1.165) is 23.5 Å². The predicted octanol–water partition coefficient (Wildman–Crippen LogP) is 1.33. The minimum absolute atomic E-state index is 0.154. The fourth-order valence-corrected chi connectivity index (χ4v) is 2.18. The summed E-state index contributed by atoms with van der Waals surface area (Å²) in [7, 11) is 1.67. The molecule has 1 aromatic rings. The first-order valence-electron chi connectivity index (χ1n) is 7.05. The van der Waals surface area contributed by atoms with E-state index in [-0.39, 0.29) is 12.6 Å². The van der Waals surface area contributed by atoms with Gasteiger partial charge in [-0.3, -0.25) is 0 Å². The van der Waals surface area contributed by atoms with Crippen molar-refractivity contribution in [1.29, 1.82) is 0 Å². The Morgan fingerprint density at radius 1 is 1.30 bits per heavy atom. The van der Waals surface area contributed by atoms with Crippen molar-refractivity contribution >= 4 is 0 Å². The maximum atomic E-state index is 9.02. The zero-order chi connectivity index (χ0) is 14.2. The van der Waals surface area contributed by atoms with E-state index in [4.69, 9.17) is 19.3 Å². The summed E-state index contributed by atoms with van der Waals surface area (Å²) in [5.74, 6) is 1.63. The number of hydrogen-bond acceptors (Lipinski definition) is 5. The molecule has 2 N–H and O–H groups in total. The van der Waals surface area contributed by atoms with Gasteiger partial charge in [-0.2, -0.15) is 0 Å². The van der Waals surface area contributed by atoms with Gasteiger partial charge in [-0.15, -0.1) is 0 Å². The summed E-state index contributed by atoms with van der Waals surface area (Å²) in [6.07, 6.45) is 1.59. The number of methoxy groups -OCH3 is 1.